The van der Waals surface area contributed by atoms with Crippen LogP contribution in [0.5, 0.6) is 0 Å². The van der Waals surface area contributed by atoms with Crippen molar-refractivity contribution >= 4 is 33.2 Å². The summed E-state index contributed by atoms with van der Waals surface area (Å²) in [5.41, 5.74) is 2.77. The highest BCUT2D eigenvalue weighted by atomic mass is 32.2. The van der Waals surface area contributed by atoms with Crippen molar-refractivity contribution < 1.29 is 0 Å². The van der Waals surface area contributed by atoms with Crippen molar-refractivity contribution in [3.63, 3.8) is 0 Å². The van der Waals surface area contributed by atoms with E-state index in [1.54, 1.807) is 0 Å². The molecule has 0 fully saturated rings. The lowest BCUT2D eigenvalue weighted by Gasteiger charge is -2.10. The molecular weight excluding hydrogens is 294 g/mol. The molecule has 1 heterocycles. The number of benzene rings is 2. The maximum absolute atomic E-state index is 3.27. The predicted octanol–water partition coefficient (Wildman–Crippen LogP) is 5.47. The standard InChI is InChI=1S/C18H19NS2/c1-13(19-2)14-7-9-16(10-8-14)20-11-15-12-21-18-6-4-3-5-17(15)18/h3-10,12-13,19H,11H2,1-2H3. The van der Waals surface area contributed by atoms with Gasteiger partial charge in [0.2, 0.25) is 0 Å². The molecule has 108 valence electrons. The Hall–Kier alpha value is -1.29. The molecule has 0 aliphatic carbocycles. The van der Waals surface area contributed by atoms with E-state index in [1.165, 1.54) is 26.1 Å². The summed E-state index contributed by atoms with van der Waals surface area (Å²) in [4.78, 5) is 1.33. The van der Waals surface area contributed by atoms with Crippen LogP contribution in [0, 0.1) is 0 Å². The van der Waals surface area contributed by atoms with E-state index < -0.39 is 0 Å². The summed E-state index contributed by atoms with van der Waals surface area (Å²) in [7, 11) is 2.00. The van der Waals surface area contributed by atoms with Crippen molar-refractivity contribution in [1.29, 1.82) is 0 Å². The molecule has 1 N–H and O–H groups in total. The molecule has 0 amide bonds. The summed E-state index contributed by atoms with van der Waals surface area (Å²) >= 11 is 3.74. The monoisotopic (exact) mass is 313 g/mol. The van der Waals surface area contributed by atoms with Gasteiger partial charge in [0.05, 0.1) is 0 Å². The minimum absolute atomic E-state index is 0.407. The maximum atomic E-state index is 3.27. The van der Waals surface area contributed by atoms with Gasteiger partial charge < -0.3 is 5.32 Å². The number of thioether (sulfide) groups is 1. The first kappa shape index (κ1) is 14.6. The molecule has 2 aromatic carbocycles. The van der Waals surface area contributed by atoms with Crippen molar-refractivity contribution in [2.24, 2.45) is 0 Å². The molecule has 1 unspecified atom stereocenters. The Balaban J connectivity index is 1.70. The molecule has 3 heteroatoms. The molecule has 1 aromatic heterocycles. The molecule has 0 radical (unpaired) electrons. The van der Waals surface area contributed by atoms with Gasteiger partial charge in [0.25, 0.3) is 0 Å². The van der Waals surface area contributed by atoms with E-state index in [1.807, 2.05) is 30.1 Å². The molecule has 1 atom stereocenters. The summed E-state index contributed by atoms with van der Waals surface area (Å²) in [5, 5.41) is 6.96. The van der Waals surface area contributed by atoms with Crippen LogP contribution >= 0.6 is 23.1 Å². The molecule has 0 aliphatic rings. The number of hydrogen-bond donors (Lipinski definition) is 1. The molecule has 3 aromatic rings. The number of rotatable bonds is 5. The Labute approximate surface area is 134 Å². The van der Waals surface area contributed by atoms with E-state index in [9.17, 15) is 0 Å². The molecule has 0 aliphatic heterocycles. The molecule has 21 heavy (non-hydrogen) atoms. The predicted molar refractivity (Wildman–Crippen MR) is 95.3 cm³/mol. The first-order chi connectivity index (χ1) is 10.3. The van der Waals surface area contributed by atoms with Crippen LogP contribution in [-0.4, -0.2) is 7.05 Å². The summed E-state index contributed by atoms with van der Waals surface area (Å²) in [6.07, 6.45) is 0. The summed E-state index contributed by atoms with van der Waals surface area (Å²) in [6.45, 7) is 2.18. The Kier molecular flexibility index (Phi) is 4.63. The van der Waals surface area contributed by atoms with Crippen LogP contribution in [0.4, 0.5) is 0 Å². The zero-order valence-corrected chi connectivity index (χ0v) is 13.9. The first-order valence-corrected chi connectivity index (χ1v) is 8.99. The van der Waals surface area contributed by atoms with Crippen LogP contribution in [0.2, 0.25) is 0 Å². The van der Waals surface area contributed by atoms with E-state index >= 15 is 0 Å². The second-order valence-electron chi connectivity index (χ2n) is 5.13. The van der Waals surface area contributed by atoms with Gasteiger partial charge in [0, 0.05) is 21.4 Å². The average Bonchev–Trinajstić information content (AvgIpc) is 2.96. The van der Waals surface area contributed by atoms with Gasteiger partial charge >= 0.3 is 0 Å². The SMILES string of the molecule is CNC(C)c1ccc(SCc2csc3ccccc23)cc1. The zero-order chi connectivity index (χ0) is 14.7. The average molecular weight is 313 g/mol. The Morgan fingerprint density at radius 1 is 1.10 bits per heavy atom. The van der Waals surface area contributed by atoms with Gasteiger partial charge in [-0.1, -0.05) is 30.3 Å². The molecule has 0 bridgehead atoms. The van der Waals surface area contributed by atoms with Crippen molar-refractivity contribution in [1.82, 2.24) is 5.32 Å². The van der Waals surface area contributed by atoms with E-state index in [4.69, 9.17) is 0 Å². The smallest absolute Gasteiger partial charge is 0.0345 e. The van der Waals surface area contributed by atoms with Gasteiger partial charge in [-0.05, 0) is 54.1 Å². The summed E-state index contributed by atoms with van der Waals surface area (Å²) in [5.74, 6) is 1.03. The van der Waals surface area contributed by atoms with Crippen molar-refractivity contribution in [2.45, 2.75) is 23.6 Å². The van der Waals surface area contributed by atoms with Crippen LogP contribution in [-0.2, 0) is 5.75 Å². The van der Waals surface area contributed by atoms with Crippen LogP contribution in [0.3, 0.4) is 0 Å². The van der Waals surface area contributed by atoms with Crippen molar-refractivity contribution in [3.05, 3.63) is 65.0 Å². The lowest BCUT2D eigenvalue weighted by atomic mass is 10.1. The van der Waals surface area contributed by atoms with Gasteiger partial charge in [-0.15, -0.1) is 23.1 Å². The van der Waals surface area contributed by atoms with E-state index in [2.05, 4.69) is 66.2 Å². The maximum Gasteiger partial charge on any atom is 0.0345 e. The van der Waals surface area contributed by atoms with Crippen molar-refractivity contribution in [3.8, 4) is 0 Å². The Bertz CT molecular complexity index is 715. The molecule has 0 spiro atoms. The highest BCUT2D eigenvalue weighted by Crippen LogP contribution is 2.31. The second kappa shape index (κ2) is 6.65. The van der Waals surface area contributed by atoms with Gasteiger partial charge in [-0.2, -0.15) is 0 Å². The van der Waals surface area contributed by atoms with E-state index in [-0.39, 0.29) is 0 Å². The number of hydrogen-bond acceptors (Lipinski definition) is 3. The zero-order valence-electron chi connectivity index (χ0n) is 12.3. The largest absolute Gasteiger partial charge is 0.313 e. The lowest BCUT2D eigenvalue weighted by Crippen LogP contribution is -2.11. The first-order valence-electron chi connectivity index (χ1n) is 7.13. The van der Waals surface area contributed by atoms with Crippen molar-refractivity contribution in [2.75, 3.05) is 7.05 Å². The van der Waals surface area contributed by atoms with E-state index in [0.29, 0.717) is 6.04 Å². The fraction of sp³-hybridized carbons (Fsp3) is 0.222. The molecule has 3 rings (SSSR count). The third kappa shape index (κ3) is 3.31. The quantitative estimate of drug-likeness (QED) is 0.626. The summed E-state index contributed by atoms with van der Waals surface area (Å²) < 4.78 is 1.38. The van der Waals surface area contributed by atoms with Crippen LogP contribution in [0.1, 0.15) is 24.1 Å². The highest BCUT2D eigenvalue weighted by Gasteiger charge is 2.05. The summed E-state index contributed by atoms with van der Waals surface area (Å²) in [6, 6.07) is 17.9. The minimum atomic E-state index is 0.407. The highest BCUT2D eigenvalue weighted by molar-refractivity contribution is 7.98. The molecule has 0 saturated heterocycles. The van der Waals surface area contributed by atoms with Gasteiger partial charge in [-0.25, -0.2) is 0 Å². The van der Waals surface area contributed by atoms with Gasteiger partial charge in [-0.3, -0.25) is 0 Å². The normalized spacial score (nSPS) is 12.7. The Morgan fingerprint density at radius 2 is 1.86 bits per heavy atom. The van der Waals surface area contributed by atoms with Gasteiger partial charge in [0.1, 0.15) is 0 Å². The molecule has 0 saturated carbocycles. The third-order valence-corrected chi connectivity index (χ3v) is 5.84. The third-order valence-electron chi connectivity index (χ3n) is 3.77. The second-order valence-corrected chi connectivity index (χ2v) is 7.09. The fourth-order valence-electron chi connectivity index (χ4n) is 2.33. The minimum Gasteiger partial charge on any atom is -0.313 e. The lowest BCUT2D eigenvalue weighted by molar-refractivity contribution is 0.652. The van der Waals surface area contributed by atoms with Crippen LogP contribution in [0.15, 0.2) is 58.8 Å². The molecule has 1 nitrogen and oxygen atoms in total. The Morgan fingerprint density at radius 3 is 2.62 bits per heavy atom. The number of thiophene rings is 1. The number of fused-ring (bicyclic) bond motifs is 1. The topological polar surface area (TPSA) is 12.0 Å². The molecular formula is C18H19NS2. The van der Waals surface area contributed by atoms with Gasteiger partial charge in [0.15, 0.2) is 0 Å². The fourth-order valence-corrected chi connectivity index (χ4v) is 4.28. The van der Waals surface area contributed by atoms with E-state index in [0.717, 1.165) is 5.75 Å². The van der Waals surface area contributed by atoms with Crippen LogP contribution < -0.4 is 5.32 Å². The number of nitrogens with one attached hydrogen (secondary N) is 1. The van der Waals surface area contributed by atoms with Crippen LogP contribution in [0.25, 0.3) is 10.1 Å².